The van der Waals surface area contributed by atoms with E-state index in [1.807, 2.05) is 6.92 Å². The fraction of sp³-hybridized carbons (Fsp3) is 0.286. The fourth-order valence-corrected chi connectivity index (χ4v) is 2.43. The molecular formula is C14H17N3S. The van der Waals surface area contributed by atoms with Crippen LogP contribution in [-0.4, -0.2) is 9.97 Å². The second kappa shape index (κ2) is 5.40. The number of hydrogen-bond donors (Lipinski definition) is 1. The van der Waals surface area contributed by atoms with Crippen LogP contribution in [0.15, 0.2) is 40.5 Å². The van der Waals surface area contributed by atoms with Crippen molar-refractivity contribution in [2.45, 2.75) is 36.6 Å². The van der Waals surface area contributed by atoms with Gasteiger partial charge in [0.2, 0.25) is 0 Å². The Morgan fingerprint density at radius 1 is 1.11 bits per heavy atom. The van der Waals surface area contributed by atoms with Gasteiger partial charge in [0.25, 0.3) is 0 Å². The van der Waals surface area contributed by atoms with Gasteiger partial charge in [-0.25, -0.2) is 9.97 Å². The highest BCUT2D eigenvalue weighted by Gasteiger charge is 2.06. The van der Waals surface area contributed by atoms with Crippen molar-refractivity contribution in [2.75, 3.05) is 5.73 Å². The standard InChI is InChI=1S/C14H17N3S/c1-9(2)11-4-6-12(7-5-11)18-14-10(3)13(15)16-8-17-14/h4-9H,1-3H3,(H2,15,16,17). The third-order valence-corrected chi connectivity index (χ3v) is 3.95. The van der Waals surface area contributed by atoms with Crippen LogP contribution in [0.1, 0.15) is 30.9 Å². The first kappa shape index (κ1) is 12.9. The molecule has 0 saturated heterocycles. The topological polar surface area (TPSA) is 51.8 Å². The highest BCUT2D eigenvalue weighted by atomic mass is 32.2. The van der Waals surface area contributed by atoms with Crippen molar-refractivity contribution >= 4 is 17.6 Å². The largest absolute Gasteiger partial charge is 0.383 e. The summed E-state index contributed by atoms with van der Waals surface area (Å²) in [5.41, 5.74) is 8.06. The van der Waals surface area contributed by atoms with E-state index >= 15 is 0 Å². The molecule has 1 aromatic heterocycles. The van der Waals surface area contributed by atoms with Crippen LogP contribution in [0, 0.1) is 6.92 Å². The van der Waals surface area contributed by atoms with E-state index in [4.69, 9.17) is 5.73 Å². The van der Waals surface area contributed by atoms with Crippen molar-refractivity contribution in [3.05, 3.63) is 41.7 Å². The van der Waals surface area contributed by atoms with Crippen molar-refractivity contribution in [1.29, 1.82) is 0 Å². The predicted octanol–water partition coefficient (Wildman–Crippen LogP) is 3.64. The molecule has 0 fully saturated rings. The van der Waals surface area contributed by atoms with Crippen molar-refractivity contribution in [3.8, 4) is 0 Å². The lowest BCUT2D eigenvalue weighted by molar-refractivity contribution is 0.865. The van der Waals surface area contributed by atoms with Gasteiger partial charge in [-0.3, -0.25) is 0 Å². The highest BCUT2D eigenvalue weighted by Crippen LogP contribution is 2.30. The van der Waals surface area contributed by atoms with Gasteiger partial charge in [0.15, 0.2) is 0 Å². The van der Waals surface area contributed by atoms with Crippen LogP contribution >= 0.6 is 11.8 Å². The highest BCUT2D eigenvalue weighted by molar-refractivity contribution is 7.99. The lowest BCUT2D eigenvalue weighted by atomic mass is 10.0. The average molecular weight is 259 g/mol. The predicted molar refractivity (Wildman–Crippen MR) is 75.8 cm³/mol. The maximum Gasteiger partial charge on any atom is 0.130 e. The molecule has 0 amide bonds. The van der Waals surface area contributed by atoms with Crippen molar-refractivity contribution in [1.82, 2.24) is 9.97 Å². The van der Waals surface area contributed by atoms with E-state index in [0.29, 0.717) is 11.7 Å². The first-order valence-electron chi connectivity index (χ1n) is 5.93. The molecule has 94 valence electrons. The Morgan fingerprint density at radius 3 is 2.39 bits per heavy atom. The smallest absolute Gasteiger partial charge is 0.130 e. The van der Waals surface area contributed by atoms with Gasteiger partial charge in [-0.05, 0) is 30.5 Å². The van der Waals surface area contributed by atoms with E-state index in [1.54, 1.807) is 11.8 Å². The Balaban J connectivity index is 2.21. The average Bonchev–Trinajstić information content (AvgIpc) is 2.36. The number of nitrogen functional groups attached to an aromatic ring is 1. The molecule has 1 aromatic carbocycles. The van der Waals surface area contributed by atoms with E-state index in [0.717, 1.165) is 10.6 Å². The molecule has 2 aromatic rings. The van der Waals surface area contributed by atoms with E-state index in [9.17, 15) is 0 Å². The molecule has 1 heterocycles. The van der Waals surface area contributed by atoms with Gasteiger partial charge in [-0.1, -0.05) is 37.7 Å². The Labute approximate surface area is 112 Å². The van der Waals surface area contributed by atoms with Gasteiger partial charge in [0.05, 0.1) is 0 Å². The summed E-state index contributed by atoms with van der Waals surface area (Å²) < 4.78 is 0. The first-order chi connectivity index (χ1) is 8.58. The maximum atomic E-state index is 5.77. The molecule has 0 aliphatic rings. The van der Waals surface area contributed by atoms with Crippen LogP contribution in [0.25, 0.3) is 0 Å². The fourth-order valence-electron chi connectivity index (χ4n) is 1.58. The van der Waals surface area contributed by atoms with E-state index in [1.165, 1.54) is 16.8 Å². The van der Waals surface area contributed by atoms with Crippen LogP contribution in [0.4, 0.5) is 5.82 Å². The summed E-state index contributed by atoms with van der Waals surface area (Å²) in [6.45, 7) is 6.33. The van der Waals surface area contributed by atoms with E-state index < -0.39 is 0 Å². The molecule has 3 nitrogen and oxygen atoms in total. The molecule has 4 heteroatoms. The second-order valence-corrected chi connectivity index (χ2v) is 5.58. The molecule has 0 radical (unpaired) electrons. The summed E-state index contributed by atoms with van der Waals surface area (Å²) in [5, 5.41) is 0.916. The molecule has 0 atom stereocenters. The number of aromatic nitrogens is 2. The van der Waals surface area contributed by atoms with Gasteiger partial charge in [-0.15, -0.1) is 0 Å². The zero-order valence-electron chi connectivity index (χ0n) is 10.8. The van der Waals surface area contributed by atoms with Crippen molar-refractivity contribution in [3.63, 3.8) is 0 Å². The summed E-state index contributed by atoms with van der Waals surface area (Å²) in [6, 6.07) is 8.56. The SMILES string of the molecule is Cc1c(N)ncnc1Sc1ccc(C(C)C)cc1. The van der Waals surface area contributed by atoms with Crippen LogP contribution < -0.4 is 5.73 Å². The molecule has 0 aliphatic carbocycles. The van der Waals surface area contributed by atoms with Gasteiger partial charge in [0, 0.05) is 10.5 Å². The summed E-state index contributed by atoms with van der Waals surface area (Å²) in [6.07, 6.45) is 1.51. The van der Waals surface area contributed by atoms with Crippen LogP contribution in [-0.2, 0) is 0 Å². The van der Waals surface area contributed by atoms with Gasteiger partial charge < -0.3 is 5.73 Å². The summed E-state index contributed by atoms with van der Waals surface area (Å²) in [7, 11) is 0. The Hall–Kier alpha value is -1.55. The lowest BCUT2D eigenvalue weighted by Crippen LogP contribution is -1.97. The second-order valence-electron chi connectivity index (χ2n) is 4.51. The molecule has 0 unspecified atom stereocenters. The van der Waals surface area contributed by atoms with E-state index in [-0.39, 0.29) is 0 Å². The number of nitrogens with zero attached hydrogens (tertiary/aromatic N) is 2. The summed E-state index contributed by atoms with van der Waals surface area (Å²) >= 11 is 1.62. The zero-order valence-corrected chi connectivity index (χ0v) is 11.7. The Bertz CT molecular complexity index is 535. The molecule has 0 bridgehead atoms. The number of nitrogens with two attached hydrogens (primary N) is 1. The molecule has 0 spiro atoms. The number of hydrogen-bond acceptors (Lipinski definition) is 4. The lowest BCUT2D eigenvalue weighted by Gasteiger charge is -2.08. The molecule has 18 heavy (non-hydrogen) atoms. The molecule has 2 rings (SSSR count). The third-order valence-electron chi connectivity index (χ3n) is 2.84. The number of rotatable bonds is 3. The summed E-state index contributed by atoms with van der Waals surface area (Å²) in [4.78, 5) is 9.40. The normalized spacial score (nSPS) is 10.9. The van der Waals surface area contributed by atoms with Crippen LogP contribution in [0.5, 0.6) is 0 Å². The molecular weight excluding hydrogens is 242 g/mol. The van der Waals surface area contributed by atoms with Crippen molar-refractivity contribution < 1.29 is 0 Å². The monoisotopic (exact) mass is 259 g/mol. The van der Waals surface area contributed by atoms with Gasteiger partial charge >= 0.3 is 0 Å². The van der Waals surface area contributed by atoms with Crippen LogP contribution in [0.3, 0.4) is 0 Å². The molecule has 0 saturated carbocycles. The third kappa shape index (κ3) is 2.82. The minimum Gasteiger partial charge on any atom is -0.383 e. The number of benzene rings is 1. The zero-order chi connectivity index (χ0) is 13.1. The van der Waals surface area contributed by atoms with E-state index in [2.05, 4.69) is 48.1 Å². The first-order valence-corrected chi connectivity index (χ1v) is 6.74. The minimum absolute atomic E-state index is 0.548. The van der Waals surface area contributed by atoms with Gasteiger partial charge in [0.1, 0.15) is 17.2 Å². The molecule has 0 aliphatic heterocycles. The Kier molecular flexibility index (Phi) is 3.87. The Morgan fingerprint density at radius 2 is 1.78 bits per heavy atom. The molecule has 2 N–H and O–H groups in total. The maximum absolute atomic E-state index is 5.77. The summed E-state index contributed by atoms with van der Waals surface area (Å²) in [5.74, 6) is 1.10. The number of anilines is 1. The minimum atomic E-state index is 0.548. The van der Waals surface area contributed by atoms with Crippen molar-refractivity contribution in [2.24, 2.45) is 0 Å². The quantitative estimate of drug-likeness (QED) is 0.855. The van der Waals surface area contributed by atoms with Crippen LogP contribution in [0.2, 0.25) is 0 Å². The van der Waals surface area contributed by atoms with Gasteiger partial charge in [-0.2, -0.15) is 0 Å².